The molecule has 1 fully saturated rings. The SMILES string of the molecule is NS(=O)(=O)c1cccc(NC2CCN(OS(=O)(=O)c3ccc(CNC(=O)c4cccc([N+](=O)[O-])c4)s3)CC2)c1. The number of piperidine rings is 1. The first-order chi connectivity index (χ1) is 18.4. The number of amides is 1. The molecule has 0 bridgehead atoms. The quantitative estimate of drug-likeness (QED) is 0.232. The van der Waals surface area contributed by atoms with Crippen LogP contribution in [0.1, 0.15) is 28.1 Å². The predicted molar refractivity (Wildman–Crippen MR) is 143 cm³/mol. The highest BCUT2D eigenvalue weighted by atomic mass is 32.3. The molecular formula is C23H25N5O8S3. The number of nitro benzene ring substituents is 1. The van der Waals surface area contributed by atoms with Crippen molar-refractivity contribution in [1.29, 1.82) is 0 Å². The van der Waals surface area contributed by atoms with E-state index in [9.17, 15) is 31.7 Å². The number of nitro groups is 1. The van der Waals surface area contributed by atoms with Crippen LogP contribution in [0.5, 0.6) is 0 Å². The van der Waals surface area contributed by atoms with Gasteiger partial charge in [-0.1, -0.05) is 12.1 Å². The van der Waals surface area contributed by atoms with Gasteiger partial charge in [-0.05, 0) is 49.2 Å². The lowest BCUT2D eigenvalue weighted by molar-refractivity contribution is -0.384. The molecule has 4 N–H and O–H groups in total. The van der Waals surface area contributed by atoms with Crippen LogP contribution in [0.2, 0.25) is 0 Å². The molecule has 1 aliphatic rings. The van der Waals surface area contributed by atoms with Gasteiger partial charge in [0.1, 0.15) is 4.21 Å². The maximum atomic E-state index is 12.8. The highest BCUT2D eigenvalue weighted by Crippen LogP contribution is 2.26. The van der Waals surface area contributed by atoms with Gasteiger partial charge in [-0.25, -0.2) is 13.6 Å². The van der Waals surface area contributed by atoms with Crippen molar-refractivity contribution < 1.29 is 30.8 Å². The summed E-state index contributed by atoms with van der Waals surface area (Å²) >= 11 is 0.945. The average Bonchev–Trinajstić information content (AvgIpc) is 3.38. The van der Waals surface area contributed by atoms with E-state index in [4.69, 9.17) is 9.42 Å². The molecule has 1 amide bonds. The number of anilines is 1. The van der Waals surface area contributed by atoms with Crippen molar-refractivity contribution in [3.05, 3.63) is 81.2 Å². The Balaban J connectivity index is 1.28. The summed E-state index contributed by atoms with van der Waals surface area (Å²) in [5.74, 6) is -0.527. The molecule has 3 aromatic rings. The van der Waals surface area contributed by atoms with Crippen molar-refractivity contribution in [3.8, 4) is 0 Å². The number of nitrogens with one attached hydrogen (secondary N) is 2. The minimum absolute atomic E-state index is 0.00159. The number of non-ortho nitro benzene ring substituents is 1. The summed E-state index contributed by atoms with van der Waals surface area (Å²) in [7, 11) is -7.91. The Labute approximate surface area is 228 Å². The largest absolute Gasteiger partial charge is 0.382 e. The molecule has 16 heteroatoms. The summed E-state index contributed by atoms with van der Waals surface area (Å²) in [5.41, 5.74) is 0.504. The van der Waals surface area contributed by atoms with E-state index in [1.54, 1.807) is 18.2 Å². The van der Waals surface area contributed by atoms with Crippen LogP contribution in [-0.2, 0) is 31.0 Å². The van der Waals surface area contributed by atoms with Gasteiger partial charge in [0.25, 0.3) is 11.6 Å². The molecule has 13 nitrogen and oxygen atoms in total. The van der Waals surface area contributed by atoms with E-state index in [-0.39, 0.29) is 32.9 Å². The van der Waals surface area contributed by atoms with E-state index < -0.39 is 31.0 Å². The van der Waals surface area contributed by atoms with Gasteiger partial charge in [-0.2, -0.15) is 17.8 Å². The number of benzene rings is 2. The van der Waals surface area contributed by atoms with Gasteiger partial charge in [-0.3, -0.25) is 14.9 Å². The molecule has 39 heavy (non-hydrogen) atoms. The number of hydrogen-bond acceptors (Lipinski definition) is 11. The molecule has 0 unspecified atom stereocenters. The second kappa shape index (κ2) is 11.8. The first-order valence-electron chi connectivity index (χ1n) is 11.6. The molecule has 2 aromatic carbocycles. The third-order valence-electron chi connectivity index (χ3n) is 5.82. The van der Waals surface area contributed by atoms with Crippen LogP contribution < -0.4 is 15.8 Å². The van der Waals surface area contributed by atoms with Crippen LogP contribution in [0, 0.1) is 10.1 Å². The van der Waals surface area contributed by atoms with Gasteiger partial charge in [0.05, 0.1) is 16.4 Å². The third kappa shape index (κ3) is 7.59. The lowest BCUT2D eigenvalue weighted by Gasteiger charge is -2.31. The van der Waals surface area contributed by atoms with Crippen LogP contribution in [-0.4, -0.2) is 51.9 Å². The fraction of sp³-hybridized carbons (Fsp3) is 0.261. The van der Waals surface area contributed by atoms with E-state index in [1.807, 2.05) is 0 Å². The number of nitrogens with zero attached hydrogens (tertiary/aromatic N) is 2. The standard InChI is InChI=1S/C23H25N5O8S3/c24-38(32,33)21-6-2-4-18(14-21)26-17-9-11-27(12-10-17)36-39(34,35)22-8-7-20(37-22)15-25-23(29)16-3-1-5-19(13-16)28(30)31/h1-8,13-14,17,26H,9-12,15H2,(H,25,29)(H2,24,32,33). The van der Waals surface area contributed by atoms with Crippen molar-refractivity contribution in [3.63, 3.8) is 0 Å². The Hall–Kier alpha value is -3.41. The molecule has 0 saturated carbocycles. The molecule has 1 aromatic heterocycles. The van der Waals surface area contributed by atoms with Crippen molar-refractivity contribution in [2.75, 3.05) is 18.4 Å². The Morgan fingerprint density at radius 2 is 1.79 bits per heavy atom. The predicted octanol–water partition coefficient (Wildman–Crippen LogP) is 2.43. The summed E-state index contributed by atoms with van der Waals surface area (Å²) in [5, 5.41) is 23.3. The van der Waals surface area contributed by atoms with Crippen LogP contribution in [0.4, 0.5) is 11.4 Å². The zero-order valence-electron chi connectivity index (χ0n) is 20.3. The van der Waals surface area contributed by atoms with Crippen LogP contribution in [0.25, 0.3) is 0 Å². The summed E-state index contributed by atoms with van der Waals surface area (Å²) in [6.07, 6.45) is 1.10. The van der Waals surface area contributed by atoms with Gasteiger partial charge in [0, 0.05) is 47.4 Å². The molecule has 208 valence electrons. The maximum Gasteiger partial charge on any atom is 0.322 e. The fourth-order valence-corrected chi connectivity index (χ4v) is 6.66. The lowest BCUT2D eigenvalue weighted by atomic mass is 10.1. The second-order valence-corrected chi connectivity index (χ2v) is 13.1. The van der Waals surface area contributed by atoms with E-state index in [0.29, 0.717) is 36.5 Å². The number of hydrogen-bond donors (Lipinski definition) is 3. The summed E-state index contributed by atoms with van der Waals surface area (Å²) in [6.45, 7) is 0.679. The Kier molecular flexibility index (Phi) is 8.63. The average molecular weight is 596 g/mol. The third-order valence-corrected chi connectivity index (χ3v) is 9.51. The molecular weight excluding hydrogens is 570 g/mol. The van der Waals surface area contributed by atoms with Crippen molar-refractivity contribution in [1.82, 2.24) is 10.4 Å². The minimum Gasteiger partial charge on any atom is -0.382 e. The lowest BCUT2D eigenvalue weighted by Crippen LogP contribution is -2.40. The summed E-state index contributed by atoms with van der Waals surface area (Å²) in [4.78, 5) is 23.2. The summed E-state index contributed by atoms with van der Waals surface area (Å²) in [6, 6.07) is 14.4. The smallest absolute Gasteiger partial charge is 0.322 e. The number of carbonyl (C=O) groups excluding carboxylic acids is 1. The van der Waals surface area contributed by atoms with Gasteiger partial charge < -0.3 is 10.6 Å². The van der Waals surface area contributed by atoms with Crippen molar-refractivity contribution in [2.24, 2.45) is 5.14 Å². The molecule has 0 spiro atoms. The first-order valence-corrected chi connectivity index (χ1v) is 15.4. The maximum absolute atomic E-state index is 12.8. The van der Waals surface area contributed by atoms with Crippen LogP contribution in [0.3, 0.4) is 0 Å². The zero-order chi connectivity index (χ0) is 28.2. The number of nitrogens with two attached hydrogens (primary N) is 1. The number of rotatable bonds is 10. The minimum atomic E-state index is -4.09. The Morgan fingerprint density at radius 3 is 2.49 bits per heavy atom. The normalized spacial score (nSPS) is 15.1. The van der Waals surface area contributed by atoms with E-state index in [0.717, 1.165) is 17.4 Å². The van der Waals surface area contributed by atoms with Gasteiger partial charge in [-0.15, -0.1) is 11.3 Å². The summed E-state index contributed by atoms with van der Waals surface area (Å²) < 4.78 is 54.0. The molecule has 1 saturated heterocycles. The van der Waals surface area contributed by atoms with Crippen molar-refractivity contribution in [2.45, 2.75) is 34.5 Å². The highest BCUT2D eigenvalue weighted by Gasteiger charge is 2.27. The zero-order valence-corrected chi connectivity index (χ0v) is 22.8. The molecule has 1 aliphatic heterocycles. The van der Waals surface area contributed by atoms with Gasteiger partial charge in [0.15, 0.2) is 0 Å². The highest BCUT2D eigenvalue weighted by molar-refractivity contribution is 7.89. The van der Waals surface area contributed by atoms with E-state index >= 15 is 0 Å². The topological polar surface area (TPSA) is 191 Å². The monoisotopic (exact) mass is 595 g/mol. The number of primary sulfonamides is 1. The van der Waals surface area contributed by atoms with Crippen molar-refractivity contribution >= 4 is 48.8 Å². The number of hydroxylamine groups is 2. The van der Waals surface area contributed by atoms with Gasteiger partial charge >= 0.3 is 10.1 Å². The second-order valence-electron chi connectivity index (χ2n) is 8.66. The fourth-order valence-electron chi connectivity index (χ4n) is 3.87. The van der Waals surface area contributed by atoms with E-state index in [2.05, 4.69) is 10.6 Å². The molecule has 2 heterocycles. The Bertz CT molecular complexity index is 1580. The Morgan fingerprint density at radius 1 is 1.08 bits per heavy atom. The van der Waals surface area contributed by atoms with Gasteiger partial charge in [0.2, 0.25) is 10.0 Å². The number of sulfonamides is 1. The van der Waals surface area contributed by atoms with Crippen LogP contribution >= 0.6 is 11.3 Å². The molecule has 0 aliphatic carbocycles. The van der Waals surface area contributed by atoms with E-state index in [1.165, 1.54) is 41.5 Å². The molecule has 0 radical (unpaired) electrons. The number of carbonyl (C=O) groups is 1. The number of thiophene rings is 1. The molecule has 0 atom stereocenters. The van der Waals surface area contributed by atoms with Crippen LogP contribution in [0.15, 0.2) is 69.8 Å². The first kappa shape index (κ1) is 28.6. The molecule has 4 rings (SSSR count).